The Morgan fingerprint density at radius 3 is 1.82 bits per heavy atom. The Kier molecular flexibility index (Phi) is 10.9. The summed E-state index contributed by atoms with van der Waals surface area (Å²) in [6.07, 6.45) is 1.71. The van der Waals surface area contributed by atoms with Crippen molar-refractivity contribution in [1.29, 1.82) is 0 Å². The lowest BCUT2D eigenvalue weighted by Crippen LogP contribution is -1.82. The van der Waals surface area contributed by atoms with Gasteiger partial charge in [-0.3, -0.25) is 0 Å². The summed E-state index contributed by atoms with van der Waals surface area (Å²) >= 11 is 0. The quantitative estimate of drug-likeness (QED) is 0.406. The smallest absolute Gasteiger partial charge is 0.360 e. The molecule has 0 aliphatic rings. The normalized spacial score (nSPS) is 9.07. The summed E-state index contributed by atoms with van der Waals surface area (Å²) in [6.45, 7) is 4.00. The molecule has 28 heavy (non-hydrogen) atoms. The maximum absolute atomic E-state index is 7.00. The minimum absolute atomic E-state index is 0.909. The molecule has 1 aromatic heterocycles. The predicted molar refractivity (Wildman–Crippen MR) is 121 cm³/mol. The molecule has 4 rings (SSSR count). The van der Waals surface area contributed by atoms with Gasteiger partial charge >= 0.3 is 11.8 Å². The van der Waals surface area contributed by atoms with Crippen LogP contribution in [0.2, 0.25) is 0 Å². The molecule has 4 aromatic rings. The van der Waals surface area contributed by atoms with Crippen molar-refractivity contribution in [1.82, 2.24) is 0 Å². The zero-order valence-electron chi connectivity index (χ0n) is 17.1. The molecule has 0 fully saturated rings. The van der Waals surface area contributed by atoms with Gasteiger partial charge in [-0.25, -0.2) is 4.42 Å². The third kappa shape index (κ3) is 5.74. The molecule has 3 heteroatoms. The topological polar surface area (TPSA) is 57.5 Å². The molecule has 0 amide bonds. The van der Waals surface area contributed by atoms with Crippen LogP contribution in [-0.2, 0) is 0 Å². The Balaban J connectivity index is 0.000000599. The van der Waals surface area contributed by atoms with E-state index in [9.17, 15) is 0 Å². The SMILES string of the molecule is CC.CN.CO.c1ccc(-c2ccc(-c3cccc4[o+]cccc34)cc2)cc1. The molecule has 146 valence electrons. The molecule has 0 radical (unpaired) electrons. The highest BCUT2D eigenvalue weighted by Crippen LogP contribution is 2.30. The molecule has 3 N–H and O–H groups in total. The summed E-state index contributed by atoms with van der Waals surface area (Å²) in [5.74, 6) is 0. The van der Waals surface area contributed by atoms with E-state index in [1.54, 1.807) is 6.26 Å². The van der Waals surface area contributed by atoms with Gasteiger partial charge in [-0.15, -0.1) is 0 Å². The van der Waals surface area contributed by atoms with E-state index in [-0.39, 0.29) is 0 Å². The number of fused-ring (bicyclic) bond motifs is 1. The van der Waals surface area contributed by atoms with E-state index in [4.69, 9.17) is 9.52 Å². The minimum Gasteiger partial charge on any atom is -0.400 e. The Morgan fingerprint density at radius 2 is 1.18 bits per heavy atom. The van der Waals surface area contributed by atoms with E-state index >= 15 is 0 Å². The average molecular weight is 377 g/mol. The van der Waals surface area contributed by atoms with Gasteiger partial charge in [-0.1, -0.05) is 80.6 Å². The first-order chi connectivity index (χ1) is 13.9. The van der Waals surface area contributed by atoms with Crippen molar-refractivity contribution in [2.45, 2.75) is 13.8 Å². The van der Waals surface area contributed by atoms with Gasteiger partial charge in [0.05, 0.1) is 5.39 Å². The molecule has 0 bridgehead atoms. The van der Waals surface area contributed by atoms with Gasteiger partial charge in [0.1, 0.15) is 0 Å². The summed E-state index contributed by atoms with van der Waals surface area (Å²) in [5, 5.41) is 8.14. The lowest BCUT2D eigenvalue weighted by Gasteiger charge is -2.05. The van der Waals surface area contributed by atoms with Crippen molar-refractivity contribution in [3.05, 3.63) is 91.2 Å². The first-order valence-corrected chi connectivity index (χ1v) is 9.40. The van der Waals surface area contributed by atoms with E-state index in [1.165, 1.54) is 29.3 Å². The molecular weight excluding hydrogens is 346 g/mol. The summed E-state index contributed by atoms with van der Waals surface area (Å²) in [7, 11) is 2.50. The molecular formula is C25H30NO2+. The average Bonchev–Trinajstić information content (AvgIpc) is 2.83. The molecule has 0 aliphatic heterocycles. The van der Waals surface area contributed by atoms with Crippen molar-refractivity contribution < 1.29 is 9.52 Å². The van der Waals surface area contributed by atoms with Gasteiger partial charge in [0.2, 0.25) is 0 Å². The van der Waals surface area contributed by atoms with Crippen LogP contribution in [0.4, 0.5) is 0 Å². The van der Waals surface area contributed by atoms with Gasteiger partial charge in [0, 0.05) is 19.2 Å². The van der Waals surface area contributed by atoms with Crippen LogP contribution in [-0.4, -0.2) is 19.3 Å². The van der Waals surface area contributed by atoms with E-state index < -0.39 is 0 Å². The molecule has 3 nitrogen and oxygen atoms in total. The Morgan fingerprint density at radius 1 is 0.607 bits per heavy atom. The summed E-state index contributed by atoms with van der Waals surface area (Å²) in [5.41, 5.74) is 10.3. The number of aliphatic hydroxyl groups is 1. The minimum atomic E-state index is 0.909. The zero-order valence-corrected chi connectivity index (χ0v) is 17.1. The summed E-state index contributed by atoms with van der Waals surface area (Å²) in [4.78, 5) is 0. The van der Waals surface area contributed by atoms with E-state index in [1.807, 2.05) is 38.1 Å². The highest BCUT2D eigenvalue weighted by atomic mass is 16.3. The fourth-order valence-corrected chi connectivity index (χ4v) is 2.79. The van der Waals surface area contributed by atoms with Gasteiger partial charge in [-0.05, 0) is 35.4 Å². The van der Waals surface area contributed by atoms with Crippen LogP contribution < -0.4 is 5.73 Å². The number of hydrogen-bond acceptors (Lipinski definition) is 2. The fourth-order valence-electron chi connectivity index (χ4n) is 2.79. The molecule has 3 aromatic carbocycles. The van der Waals surface area contributed by atoms with Crippen LogP contribution in [0.15, 0.2) is 95.6 Å². The molecule has 0 saturated heterocycles. The lowest BCUT2D eigenvalue weighted by atomic mass is 9.98. The largest absolute Gasteiger partial charge is 0.400 e. The predicted octanol–water partition coefficient (Wildman–Crippen LogP) is 6.26. The van der Waals surface area contributed by atoms with Crippen LogP contribution in [0, 0.1) is 0 Å². The maximum atomic E-state index is 7.00. The first-order valence-electron chi connectivity index (χ1n) is 9.40. The molecule has 0 atom stereocenters. The van der Waals surface area contributed by atoms with E-state index in [0.717, 1.165) is 18.1 Å². The Labute approximate surface area is 168 Å². The second-order valence-corrected chi connectivity index (χ2v) is 5.27. The highest BCUT2D eigenvalue weighted by molar-refractivity contribution is 5.93. The number of rotatable bonds is 2. The van der Waals surface area contributed by atoms with E-state index in [2.05, 4.69) is 66.4 Å². The van der Waals surface area contributed by atoms with Gasteiger partial charge in [-0.2, -0.15) is 0 Å². The van der Waals surface area contributed by atoms with E-state index in [0.29, 0.717) is 0 Å². The summed E-state index contributed by atoms with van der Waals surface area (Å²) in [6, 6.07) is 29.3. The van der Waals surface area contributed by atoms with Gasteiger partial charge in [0.25, 0.3) is 0 Å². The third-order valence-electron chi connectivity index (χ3n) is 3.91. The summed E-state index contributed by atoms with van der Waals surface area (Å²) < 4.78 is 5.57. The molecule has 1 heterocycles. The monoisotopic (exact) mass is 376 g/mol. The Hall–Kier alpha value is -3.01. The molecule has 0 spiro atoms. The van der Waals surface area contributed by atoms with Crippen LogP contribution in [0.25, 0.3) is 33.2 Å². The highest BCUT2D eigenvalue weighted by Gasteiger charge is 2.10. The maximum Gasteiger partial charge on any atom is 0.360 e. The van der Waals surface area contributed by atoms with Crippen molar-refractivity contribution >= 4 is 11.0 Å². The van der Waals surface area contributed by atoms with Crippen LogP contribution in [0.3, 0.4) is 0 Å². The van der Waals surface area contributed by atoms with Gasteiger partial charge in [0.15, 0.2) is 0 Å². The number of aliphatic hydroxyl groups excluding tert-OH is 1. The zero-order chi connectivity index (χ0) is 20.8. The van der Waals surface area contributed by atoms with Crippen LogP contribution in [0.5, 0.6) is 0 Å². The number of nitrogens with two attached hydrogens (primary N) is 1. The van der Waals surface area contributed by atoms with Crippen molar-refractivity contribution in [3.63, 3.8) is 0 Å². The lowest BCUT2D eigenvalue weighted by molar-refractivity contribution is 0.399. The fraction of sp³-hybridized carbons (Fsp3) is 0.160. The second-order valence-electron chi connectivity index (χ2n) is 5.27. The number of hydrogen-bond donors (Lipinski definition) is 2. The van der Waals surface area contributed by atoms with Crippen LogP contribution in [0.1, 0.15) is 13.8 Å². The van der Waals surface area contributed by atoms with Gasteiger partial charge < -0.3 is 10.8 Å². The van der Waals surface area contributed by atoms with Crippen molar-refractivity contribution in [3.8, 4) is 22.3 Å². The molecule has 0 aliphatic carbocycles. The van der Waals surface area contributed by atoms with Crippen molar-refractivity contribution in [2.75, 3.05) is 14.2 Å². The van der Waals surface area contributed by atoms with Crippen LogP contribution >= 0.6 is 0 Å². The third-order valence-corrected chi connectivity index (χ3v) is 3.91. The number of benzene rings is 3. The molecule has 0 unspecified atom stereocenters. The van der Waals surface area contributed by atoms with Crippen molar-refractivity contribution in [2.24, 2.45) is 5.73 Å². The second kappa shape index (κ2) is 13.2. The first kappa shape index (κ1) is 23.0. The standard InChI is InChI=1S/C21H15O.C2H6.CH5N.CH4O/c1-2-6-16(7-3-1)17-11-13-18(14-12-17)19-8-4-10-21-20(19)9-5-15-22-21;3*1-2/h1-15H;1-2H3;2H2,1H3;2H,1H3/q+1;;;. The Bertz CT molecular complexity index is 914. The molecule has 0 saturated carbocycles.